The van der Waals surface area contributed by atoms with E-state index in [4.69, 9.17) is 16.3 Å². The van der Waals surface area contributed by atoms with Gasteiger partial charge in [-0.05, 0) is 31.4 Å². The fourth-order valence-corrected chi connectivity index (χ4v) is 2.36. The maximum Gasteiger partial charge on any atom is 0.314 e. The summed E-state index contributed by atoms with van der Waals surface area (Å²) in [6.07, 6.45) is 0.971. The molecule has 1 aliphatic rings. The van der Waals surface area contributed by atoms with Crippen LogP contribution in [0.5, 0.6) is 5.75 Å². The van der Waals surface area contributed by atoms with Crippen LogP contribution in [0.4, 0.5) is 4.39 Å². The largest absolute Gasteiger partial charge is 0.493 e. The molecule has 1 N–H and O–H groups in total. The molecule has 0 aromatic heterocycles. The van der Waals surface area contributed by atoms with Gasteiger partial charge in [0.25, 0.3) is 0 Å². The summed E-state index contributed by atoms with van der Waals surface area (Å²) in [4.78, 5) is 11.3. The lowest BCUT2D eigenvalue weighted by Crippen LogP contribution is -2.22. The van der Waals surface area contributed by atoms with Crippen LogP contribution in [0.3, 0.4) is 0 Å². The summed E-state index contributed by atoms with van der Waals surface area (Å²) < 4.78 is 18.7. The number of hydrogen-bond acceptors (Lipinski definition) is 2. The van der Waals surface area contributed by atoms with Crippen molar-refractivity contribution < 1.29 is 19.0 Å². The molecule has 0 spiro atoms. The molecule has 1 aromatic carbocycles. The molecule has 0 heterocycles. The lowest BCUT2D eigenvalue weighted by molar-refractivity contribution is -0.140. The first-order valence-electron chi connectivity index (χ1n) is 5.20. The number of methoxy groups -OCH3 is 1. The van der Waals surface area contributed by atoms with Crippen molar-refractivity contribution in [2.75, 3.05) is 7.11 Å². The fourth-order valence-electron chi connectivity index (χ4n) is 2.17. The van der Waals surface area contributed by atoms with E-state index in [1.165, 1.54) is 7.11 Å². The van der Waals surface area contributed by atoms with E-state index in [9.17, 15) is 14.3 Å². The van der Waals surface area contributed by atoms with Crippen LogP contribution >= 0.6 is 11.6 Å². The maximum absolute atomic E-state index is 13.7. The highest BCUT2D eigenvalue weighted by atomic mass is 35.5. The Kier molecular flexibility index (Phi) is 2.78. The van der Waals surface area contributed by atoms with Crippen LogP contribution < -0.4 is 4.74 Å². The number of aliphatic carboxylic acids is 1. The van der Waals surface area contributed by atoms with Gasteiger partial charge in [-0.15, -0.1) is 0 Å². The molecule has 0 unspecified atom stereocenters. The van der Waals surface area contributed by atoms with E-state index >= 15 is 0 Å². The van der Waals surface area contributed by atoms with Gasteiger partial charge in [-0.3, -0.25) is 4.79 Å². The molecule has 1 fully saturated rings. The van der Waals surface area contributed by atoms with Crippen LogP contribution in [0.15, 0.2) is 6.07 Å². The Morgan fingerprint density at radius 1 is 1.59 bits per heavy atom. The Morgan fingerprint density at radius 3 is 2.59 bits per heavy atom. The number of carboxylic acids is 1. The van der Waals surface area contributed by atoms with Gasteiger partial charge in [0.15, 0.2) is 11.6 Å². The first-order valence-corrected chi connectivity index (χ1v) is 5.58. The summed E-state index contributed by atoms with van der Waals surface area (Å²) in [5.74, 6) is -1.59. The van der Waals surface area contributed by atoms with Crippen LogP contribution in [-0.2, 0) is 10.2 Å². The summed E-state index contributed by atoms with van der Waals surface area (Å²) in [6.45, 7) is 1.68. The summed E-state index contributed by atoms with van der Waals surface area (Å²) in [6, 6.07) is 1.15. The van der Waals surface area contributed by atoms with Gasteiger partial charge in [-0.2, -0.15) is 0 Å². The molecule has 0 atom stereocenters. The Morgan fingerprint density at radius 2 is 2.18 bits per heavy atom. The molecular weight excluding hydrogens is 247 g/mol. The summed E-state index contributed by atoms with van der Waals surface area (Å²) in [5.41, 5.74) is -0.0800. The number of carbonyl (C=O) groups is 1. The number of carboxylic acid groups (broad SMARTS) is 1. The predicted molar refractivity (Wildman–Crippen MR) is 61.2 cm³/mol. The van der Waals surface area contributed by atoms with Gasteiger partial charge in [0, 0.05) is 10.6 Å². The quantitative estimate of drug-likeness (QED) is 0.907. The van der Waals surface area contributed by atoms with Crippen molar-refractivity contribution >= 4 is 17.6 Å². The number of ether oxygens (including phenoxy) is 1. The van der Waals surface area contributed by atoms with E-state index in [2.05, 4.69) is 0 Å². The summed E-state index contributed by atoms with van der Waals surface area (Å²) in [7, 11) is 1.33. The minimum absolute atomic E-state index is 0.00759. The van der Waals surface area contributed by atoms with Crippen LogP contribution in [0.1, 0.15) is 24.0 Å². The minimum atomic E-state index is -1.03. The monoisotopic (exact) mass is 258 g/mol. The van der Waals surface area contributed by atoms with Gasteiger partial charge in [-0.1, -0.05) is 11.6 Å². The van der Waals surface area contributed by atoms with Crippen molar-refractivity contribution in [3.63, 3.8) is 0 Å². The van der Waals surface area contributed by atoms with E-state index < -0.39 is 17.2 Å². The second-order valence-electron chi connectivity index (χ2n) is 4.26. The van der Waals surface area contributed by atoms with Gasteiger partial charge >= 0.3 is 5.97 Å². The third kappa shape index (κ3) is 1.67. The van der Waals surface area contributed by atoms with Gasteiger partial charge in [-0.25, -0.2) is 4.39 Å². The van der Waals surface area contributed by atoms with E-state index in [0.717, 1.165) is 6.07 Å². The van der Waals surface area contributed by atoms with Crippen LogP contribution in [-0.4, -0.2) is 18.2 Å². The van der Waals surface area contributed by atoms with Crippen LogP contribution in [0.25, 0.3) is 0 Å². The Bertz CT molecular complexity index is 495. The van der Waals surface area contributed by atoms with Crippen molar-refractivity contribution in [2.45, 2.75) is 25.2 Å². The molecule has 17 heavy (non-hydrogen) atoms. The van der Waals surface area contributed by atoms with Crippen molar-refractivity contribution in [3.8, 4) is 5.75 Å². The molecule has 92 valence electrons. The molecule has 2 rings (SSSR count). The van der Waals surface area contributed by atoms with Crippen molar-refractivity contribution in [3.05, 3.63) is 28.0 Å². The predicted octanol–water partition coefficient (Wildman–Crippen LogP) is 2.91. The molecule has 1 saturated carbocycles. The normalized spacial score (nSPS) is 16.7. The minimum Gasteiger partial charge on any atom is -0.493 e. The summed E-state index contributed by atoms with van der Waals surface area (Å²) in [5, 5.41) is 9.49. The number of hydrogen-bond donors (Lipinski definition) is 1. The third-order valence-corrected chi connectivity index (χ3v) is 3.67. The zero-order valence-corrected chi connectivity index (χ0v) is 10.3. The van der Waals surface area contributed by atoms with Crippen molar-refractivity contribution in [1.29, 1.82) is 0 Å². The third-order valence-electron chi connectivity index (χ3n) is 3.27. The first-order chi connectivity index (χ1) is 7.94. The molecule has 0 aliphatic heterocycles. The molecule has 5 heteroatoms. The molecule has 0 saturated heterocycles. The molecule has 1 aliphatic carbocycles. The molecule has 0 amide bonds. The average Bonchev–Trinajstić information content (AvgIpc) is 3.04. The molecule has 3 nitrogen and oxygen atoms in total. The maximum atomic E-state index is 13.7. The number of benzene rings is 1. The van der Waals surface area contributed by atoms with Crippen molar-refractivity contribution in [1.82, 2.24) is 0 Å². The van der Waals surface area contributed by atoms with Gasteiger partial charge < -0.3 is 9.84 Å². The molecular formula is C12H12ClFO3. The SMILES string of the molecule is COc1c(F)cc(Cl)c(C)c1C1(C(=O)O)CC1. The van der Waals surface area contributed by atoms with E-state index in [1.54, 1.807) is 6.92 Å². The molecule has 0 bridgehead atoms. The first kappa shape index (κ1) is 12.2. The Balaban J connectivity index is 2.71. The van der Waals surface area contributed by atoms with E-state index in [0.29, 0.717) is 24.0 Å². The highest BCUT2D eigenvalue weighted by Gasteiger charge is 2.54. The standard InChI is InChI=1S/C12H12ClFO3/c1-6-7(13)5-8(14)10(17-2)9(6)12(3-4-12)11(15)16/h5H,3-4H2,1-2H3,(H,15,16). The van der Waals surface area contributed by atoms with Gasteiger partial charge in [0.05, 0.1) is 12.5 Å². The highest BCUT2D eigenvalue weighted by molar-refractivity contribution is 6.31. The van der Waals surface area contributed by atoms with Crippen LogP contribution in [0.2, 0.25) is 5.02 Å². The highest BCUT2D eigenvalue weighted by Crippen LogP contribution is 2.54. The zero-order valence-electron chi connectivity index (χ0n) is 9.51. The number of rotatable bonds is 3. The Labute approximate surface area is 103 Å². The summed E-state index contributed by atoms with van der Waals surface area (Å²) >= 11 is 5.90. The Hall–Kier alpha value is -1.29. The van der Waals surface area contributed by atoms with Crippen molar-refractivity contribution in [2.24, 2.45) is 0 Å². The van der Waals surface area contributed by atoms with E-state index in [1.807, 2.05) is 0 Å². The lowest BCUT2D eigenvalue weighted by Gasteiger charge is -2.19. The lowest BCUT2D eigenvalue weighted by atomic mass is 9.90. The van der Waals surface area contributed by atoms with Crippen LogP contribution in [0, 0.1) is 12.7 Å². The fraction of sp³-hybridized carbons (Fsp3) is 0.417. The zero-order chi connectivity index (χ0) is 12.8. The van der Waals surface area contributed by atoms with E-state index in [-0.39, 0.29) is 10.8 Å². The average molecular weight is 259 g/mol. The molecule has 1 aromatic rings. The van der Waals surface area contributed by atoms with Gasteiger partial charge in [0.2, 0.25) is 0 Å². The van der Waals surface area contributed by atoms with Gasteiger partial charge in [0.1, 0.15) is 0 Å². The smallest absolute Gasteiger partial charge is 0.314 e. The second-order valence-corrected chi connectivity index (χ2v) is 4.67. The number of halogens is 2. The topological polar surface area (TPSA) is 46.5 Å². The molecule has 0 radical (unpaired) electrons. The second kappa shape index (κ2) is 3.88.